The van der Waals surface area contributed by atoms with Crippen molar-refractivity contribution in [1.29, 1.82) is 0 Å². The van der Waals surface area contributed by atoms with Gasteiger partial charge in [0.15, 0.2) is 0 Å². The van der Waals surface area contributed by atoms with Crippen LogP contribution in [0.2, 0.25) is 0 Å². The minimum Gasteiger partial charge on any atom is -0.254 e. The van der Waals surface area contributed by atoms with E-state index in [1.165, 1.54) is 17.4 Å². The fourth-order valence-electron chi connectivity index (χ4n) is 0.847. The van der Waals surface area contributed by atoms with Crippen molar-refractivity contribution < 1.29 is 4.84 Å². The number of hydrazone groups is 1. The maximum Gasteiger partial charge on any atom is 0.268 e. The van der Waals surface area contributed by atoms with Gasteiger partial charge in [0.05, 0.1) is 7.11 Å². The number of hydrogen-bond acceptors (Lipinski definition) is 7. The van der Waals surface area contributed by atoms with Gasteiger partial charge in [-0.1, -0.05) is 0 Å². The number of hydroxylamine groups is 1. The Kier molecular flexibility index (Phi) is 1.93. The Balaban J connectivity index is 2.18. The van der Waals surface area contributed by atoms with Crippen molar-refractivity contribution in [2.75, 3.05) is 12.2 Å². The van der Waals surface area contributed by atoms with Crippen LogP contribution in [0.3, 0.4) is 0 Å². The fraction of sp³-hybridized carbons (Fsp3) is 0.167. The van der Waals surface area contributed by atoms with Crippen LogP contribution in [0.15, 0.2) is 23.6 Å². The predicted molar refractivity (Wildman–Crippen MR) is 43.9 cm³/mol. The molecule has 1 aromatic rings. The van der Waals surface area contributed by atoms with Crippen LogP contribution in [0.5, 0.6) is 0 Å². The molecule has 0 spiro atoms. The van der Waals surface area contributed by atoms with E-state index in [0.29, 0.717) is 5.95 Å². The normalized spacial score (nSPS) is 14.8. The van der Waals surface area contributed by atoms with Gasteiger partial charge in [0, 0.05) is 12.4 Å². The molecule has 2 heterocycles. The van der Waals surface area contributed by atoms with Gasteiger partial charge < -0.3 is 0 Å². The summed E-state index contributed by atoms with van der Waals surface area (Å²) in [6.07, 6.45) is 5.77. The lowest BCUT2D eigenvalue weighted by molar-refractivity contribution is -0.0702. The molecule has 7 nitrogen and oxygen atoms in total. The van der Waals surface area contributed by atoms with Gasteiger partial charge in [-0.3, -0.25) is 4.84 Å². The highest BCUT2D eigenvalue weighted by Crippen LogP contribution is 2.07. The first-order valence-corrected chi connectivity index (χ1v) is 3.54. The Morgan fingerprint density at radius 3 is 2.92 bits per heavy atom. The Bertz CT molecular complexity index is 301. The summed E-state index contributed by atoms with van der Waals surface area (Å²) in [6, 6.07) is 1.72. The lowest BCUT2D eigenvalue weighted by Gasteiger charge is -2.21. The molecule has 0 aliphatic carbocycles. The summed E-state index contributed by atoms with van der Waals surface area (Å²) in [7, 11) is 1.49. The van der Waals surface area contributed by atoms with Crippen LogP contribution in [0.25, 0.3) is 0 Å². The average molecular weight is 179 g/mol. The van der Waals surface area contributed by atoms with Gasteiger partial charge in [-0.2, -0.15) is 5.53 Å². The summed E-state index contributed by atoms with van der Waals surface area (Å²) in [5.74, 6) is 0.429. The zero-order chi connectivity index (χ0) is 9.10. The fourth-order valence-corrected chi connectivity index (χ4v) is 0.847. The van der Waals surface area contributed by atoms with E-state index in [1.807, 2.05) is 0 Å². The molecule has 0 aromatic carbocycles. The lowest BCUT2D eigenvalue weighted by Crippen LogP contribution is -2.43. The molecule has 0 bridgehead atoms. The average Bonchev–Trinajstić information content (AvgIpc) is 2.67. The highest BCUT2D eigenvalue weighted by Gasteiger charge is 2.20. The molecule has 1 radical (unpaired) electrons. The highest BCUT2D eigenvalue weighted by molar-refractivity contribution is 5.58. The summed E-state index contributed by atoms with van der Waals surface area (Å²) in [5, 5.41) is 6.29. The maximum absolute atomic E-state index is 4.89. The molecule has 7 heteroatoms. The quantitative estimate of drug-likeness (QED) is 0.654. The molecule has 0 atom stereocenters. The Hall–Kier alpha value is -1.89. The van der Waals surface area contributed by atoms with Crippen molar-refractivity contribution in [3.63, 3.8) is 0 Å². The van der Waals surface area contributed by atoms with E-state index in [0.717, 1.165) is 0 Å². The standard InChI is InChI=1S/C6H7N6O/c1-13-11-5-9-10-12(11)6-7-3-2-4-8-6/h2-4,10H,1H3. The van der Waals surface area contributed by atoms with E-state index in [-0.39, 0.29) is 0 Å². The highest BCUT2D eigenvalue weighted by atomic mass is 16.7. The monoisotopic (exact) mass is 179 g/mol. The number of anilines is 1. The summed E-state index contributed by atoms with van der Waals surface area (Å²) < 4.78 is 0. The minimum atomic E-state index is 0.429. The number of nitrogens with zero attached hydrogens (tertiary/aromatic N) is 5. The molecule has 0 saturated heterocycles. The Morgan fingerprint density at radius 1 is 1.46 bits per heavy atom. The first-order valence-electron chi connectivity index (χ1n) is 3.54. The number of nitrogens with one attached hydrogen (secondary N) is 1. The topological polar surface area (TPSA) is 65.9 Å². The van der Waals surface area contributed by atoms with Gasteiger partial charge >= 0.3 is 0 Å². The Morgan fingerprint density at radius 2 is 2.23 bits per heavy atom. The first-order chi connectivity index (χ1) is 6.42. The molecule has 13 heavy (non-hydrogen) atoms. The SMILES string of the molecule is CON1[C]=NNN1c1ncccn1. The molecule has 1 aromatic heterocycles. The summed E-state index contributed by atoms with van der Waals surface area (Å²) >= 11 is 0. The molecule has 1 aliphatic rings. The summed E-state index contributed by atoms with van der Waals surface area (Å²) in [5.41, 5.74) is 2.60. The molecule has 1 aliphatic heterocycles. The molecule has 1 N–H and O–H groups in total. The van der Waals surface area contributed by atoms with Crippen molar-refractivity contribution >= 4 is 12.3 Å². The Labute approximate surface area is 74.5 Å². The maximum atomic E-state index is 4.89. The molecular weight excluding hydrogens is 172 g/mol. The van der Waals surface area contributed by atoms with E-state index in [1.54, 1.807) is 18.5 Å². The van der Waals surface area contributed by atoms with Crippen LogP contribution >= 0.6 is 0 Å². The third-order valence-electron chi connectivity index (χ3n) is 1.38. The van der Waals surface area contributed by atoms with Crippen LogP contribution in [0, 0.1) is 0 Å². The van der Waals surface area contributed by atoms with E-state index in [2.05, 4.69) is 26.9 Å². The van der Waals surface area contributed by atoms with Crippen molar-refractivity contribution in [2.24, 2.45) is 5.10 Å². The zero-order valence-electron chi connectivity index (χ0n) is 6.88. The molecule has 0 saturated carbocycles. The molecule has 2 rings (SSSR count). The van der Waals surface area contributed by atoms with Gasteiger partial charge in [-0.25, -0.2) is 9.97 Å². The molecular formula is C6H7N6O. The number of hydrogen-bond donors (Lipinski definition) is 1. The van der Waals surface area contributed by atoms with Crippen molar-refractivity contribution in [3.05, 3.63) is 18.5 Å². The second-order valence-electron chi connectivity index (χ2n) is 2.13. The van der Waals surface area contributed by atoms with Crippen LogP contribution in [-0.2, 0) is 4.84 Å². The van der Waals surface area contributed by atoms with Gasteiger partial charge in [0.1, 0.15) is 0 Å². The first kappa shape index (κ1) is 7.74. The summed E-state index contributed by atoms with van der Waals surface area (Å²) in [6.45, 7) is 0. The van der Waals surface area contributed by atoms with Crippen LogP contribution < -0.4 is 10.7 Å². The molecule has 0 fully saturated rings. The number of aromatic nitrogens is 2. The van der Waals surface area contributed by atoms with E-state index in [4.69, 9.17) is 4.84 Å². The van der Waals surface area contributed by atoms with Gasteiger partial charge in [0.25, 0.3) is 5.95 Å². The second kappa shape index (κ2) is 3.23. The second-order valence-corrected chi connectivity index (χ2v) is 2.13. The third kappa shape index (κ3) is 1.36. The van der Waals surface area contributed by atoms with Crippen LogP contribution in [0.1, 0.15) is 0 Å². The smallest absolute Gasteiger partial charge is 0.254 e. The van der Waals surface area contributed by atoms with Gasteiger partial charge in [-0.15, -0.1) is 15.4 Å². The third-order valence-corrected chi connectivity index (χ3v) is 1.38. The van der Waals surface area contributed by atoms with Gasteiger partial charge in [-0.05, 0) is 6.07 Å². The van der Waals surface area contributed by atoms with Crippen LogP contribution in [0.4, 0.5) is 5.95 Å². The molecule has 0 unspecified atom stereocenters. The zero-order valence-corrected chi connectivity index (χ0v) is 6.88. The van der Waals surface area contributed by atoms with E-state index < -0.39 is 0 Å². The molecule has 67 valence electrons. The summed E-state index contributed by atoms with van der Waals surface area (Å²) in [4.78, 5) is 12.9. The van der Waals surface area contributed by atoms with E-state index >= 15 is 0 Å². The van der Waals surface area contributed by atoms with Gasteiger partial charge in [0.2, 0.25) is 6.34 Å². The van der Waals surface area contributed by atoms with Crippen molar-refractivity contribution in [1.82, 2.24) is 20.7 Å². The molecule has 0 amide bonds. The minimum absolute atomic E-state index is 0.429. The predicted octanol–water partition coefficient (Wildman–Crippen LogP) is -0.600. The lowest BCUT2D eigenvalue weighted by atomic mass is 10.7. The number of rotatable bonds is 2. The largest absolute Gasteiger partial charge is 0.268 e. The number of hydrazine groups is 2. The van der Waals surface area contributed by atoms with Crippen LogP contribution in [-0.4, -0.2) is 28.6 Å². The van der Waals surface area contributed by atoms with Crippen molar-refractivity contribution in [3.8, 4) is 0 Å². The van der Waals surface area contributed by atoms with Crippen molar-refractivity contribution in [2.45, 2.75) is 0 Å². The van der Waals surface area contributed by atoms with E-state index in [9.17, 15) is 0 Å².